The van der Waals surface area contributed by atoms with Gasteiger partial charge in [-0.05, 0) is 54.3 Å². The van der Waals surface area contributed by atoms with E-state index in [-0.39, 0.29) is 30.5 Å². The molecule has 0 spiro atoms. The zero-order chi connectivity index (χ0) is 24.2. The van der Waals surface area contributed by atoms with Crippen molar-refractivity contribution in [2.24, 2.45) is 0 Å². The molecule has 2 saturated heterocycles. The second kappa shape index (κ2) is 10.5. The summed E-state index contributed by atoms with van der Waals surface area (Å²) in [6.45, 7) is 2.26. The van der Waals surface area contributed by atoms with E-state index in [1.54, 1.807) is 12.1 Å². The van der Waals surface area contributed by atoms with Gasteiger partial charge in [0.25, 0.3) is 5.91 Å². The molecule has 1 N–H and O–H groups in total. The average molecular weight is 471 g/mol. The van der Waals surface area contributed by atoms with E-state index in [2.05, 4.69) is 53.5 Å². The van der Waals surface area contributed by atoms with E-state index >= 15 is 0 Å². The molecule has 5 heteroatoms. The van der Waals surface area contributed by atoms with Gasteiger partial charge in [-0.2, -0.15) is 0 Å². The molecular formula is C30H31FN2O2. The van der Waals surface area contributed by atoms with Gasteiger partial charge in [0.1, 0.15) is 5.82 Å². The summed E-state index contributed by atoms with van der Waals surface area (Å²) in [5.74, 6) is -0.375. The Bertz CT molecular complexity index is 1180. The molecule has 0 aromatic heterocycles. The van der Waals surface area contributed by atoms with Crippen molar-refractivity contribution in [2.45, 2.75) is 30.8 Å². The summed E-state index contributed by atoms with van der Waals surface area (Å²) >= 11 is 0. The van der Waals surface area contributed by atoms with Crippen LogP contribution in [0.2, 0.25) is 0 Å². The minimum absolute atomic E-state index is 0.0509. The predicted molar refractivity (Wildman–Crippen MR) is 137 cm³/mol. The summed E-state index contributed by atoms with van der Waals surface area (Å²) in [5.41, 5.74) is 3.85. The average Bonchev–Trinajstić information content (AvgIpc) is 2.87. The van der Waals surface area contributed by atoms with E-state index in [9.17, 15) is 14.3 Å². The standard InChI is InChI=1S/C30H31FN2O2/c31-26-10-6-9-25(19-26)30(35)32-17-4-5-18-33-27(20-32)29(28(33)21-34)24-15-13-23(14-16-24)12-11-22-7-2-1-3-8-22/h1-3,6-16,19,27-29,34H,4-5,17-18,20-21H2/b12-11+/t27-,28+,29-/m0/s1. The fraction of sp³-hybridized carbons (Fsp3) is 0.300. The highest BCUT2D eigenvalue weighted by Crippen LogP contribution is 2.42. The van der Waals surface area contributed by atoms with Gasteiger partial charge in [-0.15, -0.1) is 0 Å². The molecule has 3 atom stereocenters. The first-order valence-corrected chi connectivity index (χ1v) is 12.4. The van der Waals surface area contributed by atoms with Gasteiger partial charge >= 0.3 is 0 Å². The Kier molecular flexibility index (Phi) is 7.07. The van der Waals surface area contributed by atoms with E-state index < -0.39 is 5.82 Å². The Morgan fingerprint density at radius 1 is 0.914 bits per heavy atom. The van der Waals surface area contributed by atoms with Crippen LogP contribution < -0.4 is 0 Å². The number of fused-ring (bicyclic) bond motifs is 1. The third-order valence-electron chi connectivity index (χ3n) is 7.32. The molecule has 3 aromatic carbocycles. The summed E-state index contributed by atoms with van der Waals surface area (Å²) in [7, 11) is 0. The Balaban J connectivity index is 1.34. The van der Waals surface area contributed by atoms with Crippen molar-refractivity contribution < 1.29 is 14.3 Å². The highest BCUT2D eigenvalue weighted by molar-refractivity contribution is 5.94. The number of halogens is 1. The molecule has 0 aliphatic carbocycles. The molecule has 0 bridgehead atoms. The second-order valence-corrected chi connectivity index (χ2v) is 9.46. The maximum absolute atomic E-state index is 13.7. The molecule has 2 aliphatic heterocycles. The third kappa shape index (κ3) is 5.07. The number of hydrogen-bond donors (Lipinski definition) is 1. The van der Waals surface area contributed by atoms with Crippen molar-refractivity contribution in [3.8, 4) is 0 Å². The molecule has 4 nitrogen and oxygen atoms in total. The summed E-state index contributed by atoms with van der Waals surface area (Å²) in [4.78, 5) is 17.4. The number of rotatable bonds is 5. The van der Waals surface area contributed by atoms with Gasteiger partial charge in [0.15, 0.2) is 0 Å². The smallest absolute Gasteiger partial charge is 0.254 e. The Morgan fingerprint density at radius 3 is 2.34 bits per heavy atom. The maximum atomic E-state index is 13.7. The molecule has 1 amide bonds. The number of aliphatic hydroxyl groups excluding tert-OH is 1. The van der Waals surface area contributed by atoms with Crippen LogP contribution in [0.5, 0.6) is 0 Å². The largest absolute Gasteiger partial charge is 0.395 e. The minimum atomic E-state index is -0.396. The van der Waals surface area contributed by atoms with Gasteiger partial charge in [0.2, 0.25) is 0 Å². The molecule has 0 saturated carbocycles. The molecule has 3 aromatic rings. The van der Waals surface area contributed by atoms with E-state index in [1.165, 1.54) is 17.7 Å². The van der Waals surface area contributed by atoms with Crippen LogP contribution in [0.25, 0.3) is 12.2 Å². The van der Waals surface area contributed by atoms with Gasteiger partial charge in [-0.25, -0.2) is 4.39 Å². The Hall–Kier alpha value is -3.28. The second-order valence-electron chi connectivity index (χ2n) is 9.46. The third-order valence-corrected chi connectivity index (χ3v) is 7.32. The normalized spacial score (nSPS) is 22.8. The number of benzene rings is 3. The number of carbonyl (C=O) groups is 1. The lowest BCUT2D eigenvalue weighted by Gasteiger charge is -2.57. The Labute approximate surface area is 206 Å². The van der Waals surface area contributed by atoms with Crippen LogP contribution in [0.1, 0.15) is 45.8 Å². The fourth-order valence-electron chi connectivity index (χ4n) is 5.51. The van der Waals surface area contributed by atoms with Crippen LogP contribution >= 0.6 is 0 Å². The highest BCUT2D eigenvalue weighted by Gasteiger charge is 2.49. The fourth-order valence-corrected chi connectivity index (χ4v) is 5.51. The van der Waals surface area contributed by atoms with Crippen LogP contribution in [-0.4, -0.2) is 59.1 Å². The van der Waals surface area contributed by atoms with Gasteiger partial charge in [0, 0.05) is 36.7 Å². The Morgan fingerprint density at radius 2 is 1.63 bits per heavy atom. The van der Waals surface area contributed by atoms with Crippen LogP contribution in [0.4, 0.5) is 4.39 Å². The number of carbonyl (C=O) groups excluding carboxylic acids is 1. The van der Waals surface area contributed by atoms with Crippen molar-refractivity contribution >= 4 is 18.1 Å². The molecule has 5 rings (SSSR count). The molecule has 0 unspecified atom stereocenters. The number of aliphatic hydroxyl groups is 1. The summed E-state index contributed by atoms with van der Waals surface area (Å²) in [5, 5.41) is 10.2. The lowest BCUT2D eigenvalue weighted by atomic mass is 9.74. The lowest BCUT2D eigenvalue weighted by Crippen LogP contribution is -2.67. The van der Waals surface area contributed by atoms with Crippen LogP contribution in [0.15, 0.2) is 78.9 Å². The van der Waals surface area contributed by atoms with Crippen molar-refractivity contribution in [1.82, 2.24) is 9.80 Å². The molecule has 2 aliphatic rings. The first-order chi connectivity index (χ1) is 17.1. The first-order valence-electron chi connectivity index (χ1n) is 12.4. The number of hydrogen-bond acceptors (Lipinski definition) is 3. The number of amides is 1. The van der Waals surface area contributed by atoms with Gasteiger partial charge in [-0.1, -0.05) is 72.8 Å². The first kappa shape index (κ1) is 23.5. The summed E-state index contributed by atoms with van der Waals surface area (Å²) < 4.78 is 13.7. The van der Waals surface area contributed by atoms with Crippen LogP contribution in [0.3, 0.4) is 0 Å². The molecule has 0 radical (unpaired) electrons. The van der Waals surface area contributed by atoms with Crippen LogP contribution in [-0.2, 0) is 0 Å². The molecule has 2 heterocycles. The van der Waals surface area contributed by atoms with Crippen molar-refractivity contribution in [3.63, 3.8) is 0 Å². The van der Waals surface area contributed by atoms with E-state index in [0.717, 1.165) is 30.5 Å². The molecule has 180 valence electrons. The quantitative estimate of drug-likeness (QED) is 0.530. The highest BCUT2D eigenvalue weighted by atomic mass is 19.1. The predicted octanol–water partition coefficient (Wildman–Crippen LogP) is 5.06. The van der Waals surface area contributed by atoms with E-state index in [1.807, 2.05) is 23.1 Å². The monoisotopic (exact) mass is 470 g/mol. The van der Waals surface area contributed by atoms with Crippen LogP contribution in [0, 0.1) is 5.82 Å². The summed E-state index contributed by atoms with van der Waals surface area (Å²) in [6.07, 6.45) is 6.07. The van der Waals surface area contributed by atoms with Crippen molar-refractivity contribution in [3.05, 3.63) is 107 Å². The SMILES string of the molecule is O=C(c1cccc(F)c1)N1CCCCN2[C@H](CO)[C@@H](c3ccc(/C=C/c4ccccc4)cc3)[C@@H]2C1. The lowest BCUT2D eigenvalue weighted by molar-refractivity contribution is -0.0606. The van der Waals surface area contributed by atoms with Gasteiger partial charge in [-0.3, -0.25) is 9.69 Å². The molecular weight excluding hydrogens is 439 g/mol. The van der Waals surface area contributed by atoms with Gasteiger partial charge < -0.3 is 10.0 Å². The zero-order valence-corrected chi connectivity index (χ0v) is 19.8. The van der Waals surface area contributed by atoms with Crippen molar-refractivity contribution in [1.29, 1.82) is 0 Å². The minimum Gasteiger partial charge on any atom is -0.395 e. The number of nitrogens with zero attached hydrogens (tertiary/aromatic N) is 2. The summed E-state index contributed by atoms with van der Waals surface area (Å²) in [6, 6.07) is 24.9. The van der Waals surface area contributed by atoms with Crippen molar-refractivity contribution in [2.75, 3.05) is 26.2 Å². The van der Waals surface area contributed by atoms with E-state index in [0.29, 0.717) is 18.7 Å². The maximum Gasteiger partial charge on any atom is 0.254 e. The van der Waals surface area contributed by atoms with E-state index in [4.69, 9.17) is 0 Å². The molecule has 2 fully saturated rings. The topological polar surface area (TPSA) is 43.8 Å². The molecule has 35 heavy (non-hydrogen) atoms. The zero-order valence-electron chi connectivity index (χ0n) is 19.8. The van der Waals surface area contributed by atoms with Gasteiger partial charge in [0.05, 0.1) is 6.61 Å².